The quantitative estimate of drug-likeness (QED) is 0.790. The Hall–Kier alpha value is -0.910. The van der Waals surface area contributed by atoms with E-state index in [1.807, 2.05) is 23.6 Å². The summed E-state index contributed by atoms with van der Waals surface area (Å²) in [5.41, 5.74) is 1.55. The minimum absolute atomic E-state index is 0.179. The van der Waals surface area contributed by atoms with Gasteiger partial charge in [0.05, 0.1) is 24.2 Å². The number of carbonyl (C=O) groups excluding carboxylic acids is 1. The molecule has 0 atom stereocenters. The summed E-state index contributed by atoms with van der Waals surface area (Å²) in [4.78, 5) is 15.5. The van der Waals surface area contributed by atoms with Crippen LogP contribution in [0.3, 0.4) is 0 Å². The smallest absolute Gasteiger partial charge is 0.311 e. The highest BCUT2D eigenvalue weighted by atomic mass is 79.9. The zero-order chi connectivity index (χ0) is 13.1. The lowest BCUT2D eigenvalue weighted by Gasteiger charge is -2.00. The molecule has 0 amide bonds. The predicted molar refractivity (Wildman–Crippen MR) is 76.0 cm³/mol. The Kier molecular flexibility index (Phi) is 4.37. The van der Waals surface area contributed by atoms with Crippen molar-refractivity contribution in [2.24, 2.45) is 0 Å². The molecule has 2 rings (SSSR count). The number of hydrogen-bond acceptors (Lipinski definition) is 4. The average Bonchev–Trinajstić information content (AvgIpc) is 2.80. The molecule has 0 fully saturated rings. The molecule has 0 bridgehead atoms. The molecule has 0 saturated carbocycles. The fourth-order valence-electron chi connectivity index (χ4n) is 1.39. The van der Waals surface area contributed by atoms with Crippen LogP contribution >= 0.6 is 38.9 Å². The van der Waals surface area contributed by atoms with E-state index < -0.39 is 0 Å². The van der Waals surface area contributed by atoms with E-state index in [9.17, 15) is 4.79 Å². The van der Waals surface area contributed by atoms with Gasteiger partial charge in [-0.05, 0) is 18.2 Å². The van der Waals surface area contributed by atoms with Crippen molar-refractivity contribution < 1.29 is 9.53 Å². The first kappa shape index (κ1) is 13.5. The number of esters is 1. The molecule has 1 heterocycles. The van der Waals surface area contributed by atoms with Crippen LogP contribution in [0.1, 0.15) is 5.69 Å². The van der Waals surface area contributed by atoms with Gasteiger partial charge in [0.2, 0.25) is 0 Å². The lowest BCUT2D eigenvalue weighted by atomic mass is 10.2. The second-order valence-electron chi connectivity index (χ2n) is 3.52. The van der Waals surface area contributed by atoms with E-state index in [1.54, 1.807) is 0 Å². The number of aromatic nitrogens is 1. The average molecular weight is 347 g/mol. The zero-order valence-electron chi connectivity index (χ0n) is 9.44. The minimum Gasteiger partial charge on any atom is -0.469 e. The van der Waals surface area contributed by atoms with Crippen molar-refractivity contribution in [1.82, 2.24) is 4.98 Å². The van der Waals surface area contributed by atoms with Crippen molar-refractivity contribution in [2.45, 2.75) is 6.42 Å². The molecule has 1 aromatic carbocycles. The molecular weight excluding hydrogens is 338 g/mol. The van der Waals surface area contributed by atoms with Crippen LogP contribution in [0.4, 0.5) is 0 Å². The lowest BCUT2D eigenvalue weighted by Crippen LogP contribution is -2.04. The number of ether oxygens (including phenoxy) is 1. The minimum atomic E-state index is -0.299. The molecule has 3 nitrogen and oxygen atoms in total. The normalized spacial score (nSPS) is 10.4. The van der Waals surface area contributed by atoms with Crippen molar-refractivity contribution in [2.75, 3.05) is 7.11 Å². The van der Waals surface area contributed by atoms with Gasteiger partial charge in [-0.2, -0.15) is 0 Å². The molecule has 0 radical (unpaired) electrons. The molecule has 6 heteroatoms. The third kappa shape index (κ3) is 3.10. The Balaban J connectivity index is 2.29. The monoisotopic (exact) mass is 345 g/mol. The molecule has 0 N–H and O–H groups in total. The number of carbonyl (C=O) groups is 1. The van der Waals surface area contributed by atoms with Gasteiger partial charge >= 0.3 is 5.97 Å². The Morgan fingerprint density at radius 1 is 1.56 bits per heavy atom. The van der Waals surface area contributed by atoms with Gasteiger partial charge in [-0.1, -0.05) is 27.5 Å². The van der Waals surface area contributed by atoms with Gasteiger partial charge in [-0.3, -0.25) is 4.79 Å². The summed E-state index contributed by atoms with van der Waals surface area (Å²) in [5.74, 6) is -0.299. The first-order chi connectivity index (χ1) is 8.60. The number of halogens is 2. The van der Waals surface area contributed by atoms with Gasteiger partial charge in [0.15, 0.2) is 0 Å². The van der Waals surface area contributed by atoms with E-state index in [4.69, 9.17) is 11.6 Å². The number of benzene rings is 1. The largest absolute Gasteiger partial charge is 0.469 e. The maximum atomic E-state index is 11.2. The van der Waals surface area contributed by atoms with E-state index >= 15 is 0 Å². The van der Waals surface area contributed by atoms with Crippen LogP contribution in [-0.2, 0) is 16.0 Å². The summed E-state index contributed by atoms with van der Waals surface area (Å²) in [5, 5.41) is 3.26. The second-order valence-corrected chi connectivity index (χ2v) is 5.70. The highest BCUT2D eigenvalue weighted by molar-refractivity contribution is 9.10. The molecule has 0 aliphatic heterocycles. The highest BCUT2D eigenvalue weighted by Crippen LogP contribution is 2.32. The van der Waals surface area contributed by atoms with E-state index in [-0.39, 0.29) is 12.4 Å². The predicted octanol–water partition coefficient (Wildman–Crippen LogP) is 3.94. The van der Waals surface area contributed by atoms with E-state index in [0.29, 0.717) is 10.7 Å². The van der Waals surface area contributed by atoms with Gasteiger partial charge in [-0.15, -0.1) is 11.3 Å². The molecule has 1 aromatic heterocycles. The van der Waals surface area contributed by atoms with Crippen LogP contribution in [0.15, 0.2) is 28.1 Å². The lowest BCUT2D eigenvalue weighted by molar-refractivity contribution is -0.139. The number of methoxy groups -OCH3 is 1. The highest BCUT2D eigenvalue weighted by Gasteiger charge is 2.11. The summed E-state index contributed by atoms with van der Waals surface area (Å²) in [6.45, 7) is 0. The van der Waals surface area contributed by atoms with Crippen LogP contribution in [-0.4, -0.2) is 18.1 Å². The van der Waals surface area contributed by atoms with Crippen LogP contribution in [0.5, 0.6) is 0 Å². The standard InChI is InChI=1S/C12H9BrClNO2S/c1-17-11(16)5-8-6-18-12(15-8)9-4-7(13)2-3-10(9)14/h2-4,6H,5H2,1H3. The van der Waals surface area contributed by atoms with Crippen molar-refractivity contribution in [1.29, 1.82) is 0 Å². The Morgan fingerprint density at radius 2 is 2.33 bits per heavy atom. The molecular formula is C12H9BrClNO2S. The molecule has 94 valence electrons. The summed E-state index contributed by atoms with van der Waals surface area (Å²) < 4.78 is 5.54. The Labute approximate surface area is 122 Å². The molecule has 2 aromatic rings. The molecule has 18 heavy (non-hydrogen) atoms. The number of hydrogen-bond donors (Lipinski definition) is 0. The van der Waals surface area contributed by atoms with Crippen LogP contribution in [0, 0.1) is 0 Å². The van der Waals surface area contributed by atoms with Gasteiger partial charge < -0.3 is 4.74 Å². The maximum Gasteiger partial charge on any atom is 0.311 e. The second kappa shape index (κ2) is 5.82. The van der Waals surface area contributed by atoms with Gasteiger partial charge in [0, 0.05) is 15.4 Å². The number of thiazole rings is 1. The summed E-state index contributed by atoms with van der Waals surface area (Å²) in [7, 11) is 1.36. The molecule has 0 spiro atoms. The van der Waals surface area contributed by atoms with Crippen molar-refractivity contribution in [3.63, 3.8) is 0 Å². The van der Waals surface area contributed by atoms with Crippen LogP contribution in [0.25, 0.3) is 10.6 Å². The van der Waals surface area contributed by atoms with E-state index in [1.165, 1.54) is 18.4 Å². The van der Waals surface area contributed by atoms with Gasteiger partial charge in [0.25, 0.3) is 0 Å². The fraction of sp³-hybridized carbons (Fsp3) is 0.167. The Morgan fingerprint density at radius 3 is 3.06 bits per heavy atom. The third-order valence-corrected chi connectivity index (χ3v) is 4.01. The van der Waals surface area contributed by atoms with Gasteiger partial charge in [-0.25, -0.2) is 4.98 Å². The summed E-state index contributed by atoms with van der Waals surface area (Å²) in [6, 6.07) is 5.58. The fourth-order valence-corrected chi connectivity index (χ4v) is 2.87. The van der Waals surface area contributed by atoms with Crippen molar-refractivity contribution >= 4 is 44.8 Å². The van der Waals surface area contributed by atoms with Gasteiger partial charge in [0.1, 0.15) is 5.01 Å². The molecule has 0 unspecified atom stereocenters. The topological polar surface area (TPSA) is 39.2 Å². The van der Waals surface area contributed by atoms with E-state index in [0.717, 1.165) is 15.0 Å². The number of nitrogens with zero attached hydrogens (tertiary/aromatic N) is 1. The zero-order valence-corrected chi connectivity index (χ0v) is 12.6. The molecule has 0 aliphatic carbocycles. The van der Waals surface area contributed by atoms with Crippen molar-refractivity contribution in [3.05, 3.63) is 38.8 Å². The molecule has 0 aliphatic rings. The molecule has 0 saturated heterocycles. The summed E-state index contributed by atoms with van der Waals surface area (Å²) >= 11 is 11.0. The first-order valence-corrected chi connectivity index (χ1v) is 7.12. The van der Waals surface area contributed by atoms with Crippen molar-refractivity contribution in [3.8, 4) is 10.6 Å². The maximum absolute atomic E-state index is 11.2. The van der Waals surface area contributed by atoms with Crippen LogP contribution in [0.2, 0.25) is 5.02 Å². The third-order valence-electron chi connectivity index (χ3n) is 2.26. The summed E-state index contributed by atoms with van der Waals surface area (Å²) in [6.07, 6.45) is 0.179. The van der Waals surface area contributed by atoms with Crippen LogP contribution < -0.4 is 0 Å². The Bertz CT molecular complexity index is 585. The SMILES string of the molecule is COC(=O)Cc1csc(-c2cc(Br)ccc2Cl)n1. The first-order valence-electron chi connectivity index (χ1n) is 5.07. The van der Waals surface area contributed by atoms with E-state index in [2.05, 4.69) is 25.7 Å². The number of rotatable bonds is 3.